The van der Waals surface area contributed by atoms with Gasteiger partial charge in [0.15, 0.2) is 0 Å². The van der Waals surface area contributed by atoms with Crippen LogP contribution in [0.4, 0.5) is 5.82 Å². The highest BCUT2D eigenvalue weighted by molar-refractivity contribution is 6.33. The molecule has 3 aromatic rings. The number of halogens is 1. The largest absolute Gasteiger partial charge is 0.383 e. The fraction of sp³-hybridized carbons (Fsp3) is 0.0714. The number of hydrogen-bond donors (Lipinski definition) is 1. The number of fused-ring (bicyclic) bond motifs is 1. The van der Waals surface area contributed by atoms with Crippen molar-refractivity contribution in [1.82, 2.24) is 9.38 Å². The summed E-state index contributed by atoms with van der Waals surface area (Å²) < 4.78 is 1.87. The Balaban J connectivity index is 2.31. The van der Waals surface area contributed by atoms with Crippen LogP contribution in [-0.2, 0) is 0 Å². The molecule has 0 saturated heterocycles. The lowest BCUT2D eigenvalue weighted by Gasteiger charge is -2.01. The SMILES string of the molecule is Cc1ccn2c(N)c(-c3ccccc3Cl)nc2c1. The zero-order chi connectivity index (χ0) is 12.7. The van der Waals surface area contributed by atoms with Gasteiger partial charge < -0.3 is 5.73 Å². The fourth-order valence-corrected chi connectivity index (χ4v) is 2.24. The maximum Gasteiger partial charge on any atom is 0.139 e. The van der Waals surface area contributed by atoms with Gasteiger partial charge in [0.2, 0.25) is 0 Å². The minimum Gasteiger partial charge on any atom is -0.383 e. The molecule has 90 valence electrons. The second-order valence-corrected chi connectivity index (χ2v) is 4.66. The van der Waals surface area contributed by atoms with Crippen molar-refractivity contribution in [1.29, 1.82) is 0 Å². The van der Waals surface area contributed by atoms with E-state index in [1.54, 1.807) is 0 Å². The summed E-state index contributed by atoms with van der Waals surface area (Å²) in [5.74, 6) is 0.609. The van der Waals surface area contributed by atoms with Crippen LogP contribution in [0.5, 0.6) is 0 Å². The Hall–Kier alpha value is -2.00. The van der Waals surface area contributed by atoms with E-state index >= 15 is 0 Å². The summed E-state index contributed by atoms with van der Waals surface area (Å²) in [5.41, 5.74) is 9.71. The number of aromatic nitrogens is 2. The van der Waals surface area contributed by atoms with Crippen molar-refractivity contribution < 1.29 is 0 Å². The molecule has 4 heteroatoms. The number of benzene rings is 1. The van der Waals surface area contributed by atoms with E-state index in [4.69, 9.17) is 17.3 Å². The molecule has 18 heavy (non-hydrogen) atoms. The first-order valence-corrected chi connectivity index (χ1v) is 6.03. The summed E-state index contributed by atoms with van der Waals surface area (Å²) in [5, 5.41) is 0.657. The van der Waals surface area contributed by atoms with Crippen LogP contribution in [0.25, 0.3) is 16.9 Å². The first-order chi connectivity index (χ1) is 8.66. The Labute approximate surface area is 110 Å². The smallest absolute Gasteiger partial charge is 0.139 e. The minimum atomic E-state index is 0.609. The molecule has 3 rings (SSSR count). The highest BCUT2D eigenvalue weighted by atomic mass is 35.5. The summed E-state index contributed by atoms with van der Waals surface area (Å²) in [6.45, 7) is 2.03. The Morgan fingerprint density at radius 1 is 1.22 bits per heavy atom. The van der Waals surface area contributed by atoms with Gasteiger partial charge in [-0.1, -0.05) is 29.8 Å². The quantitative estimate of drug-likeness (QED) is 0.725. The molecular formula is C14H12ClN3. The van der Waals surface area contributed by atoms with Crippen molar-refractivity contribution in [2.45, 2.75) is 6.92 Å². The molecule has 0 atom stereocenters. The summed E-state index contributed by atoms with van der Waals surface area (Å²) in [6, 6.07) is 11.6. The monoisotopic (exact) mass is 257 g/mol. The van der Waals surface area contributed by atoms with Gasteiger partial charge in [-0.15, -0.1) is 0 Å². The molecule has 0 aliphatic heterocycles. The van der Waals surface area contributed by atoms with Crippen LogP contribution in [-0.4, -0.2) is 9.38 Å². The molecule has 0 saturated carbocycles. The number of pyridine rings is 1. The third-order valence-electron chi connectivity index (χ3n) is 2.95. The molecule has 0 bridgehead atoms. The molecule has 2 heterocycles. The molecule has 3 nitrogen and oxygen atoms in total. The molecule has 0 amide bonds. The van der Waals surface area contributed by atoms with Gasteiger partial charge in [0.25, 0.3) is 0 Å². The van der Waals surface area contributed by atoms with Crippen LogP contribution < -0.4 is 5.73 Å². The predicted octanol–water partition coefficient (Wildman–Crippen LogP) is 3.55. The molecule has 0 radical (unpaired) electrons. The maximum absolute atomic E-state index is 6.18. The van der Waals surface area contributed by atoms with Gasteiger partial charge in [-0.25, -0.2) is 4.98 Å². The van der Waals surface area contributed by atoms with E-state index in [9.17, 15) is 0 Å². The Bertz CT molecular complexity index is 731. The molecular weight excluding hydrogens is 246 g/mol. The second kappa shape index (κ2) is 4.03. The van der Waals surface area contributed by atoms with Crippen LogP contribution >= 0.6 is 11.6 Å². The van der Waals surface area contributed by atoms with Crippen molar-refractivity contribution in [2.24, 2.45) is 0 Å². The van der Waals surface area contributed by atoms with E-state index in [-0.39, 0.29) is 0 Å². The van der Waals surface area contributed by atoms with E-state index < -0.39 is 0 Å². The van der Waals surface area contributed by atoms with Crippen LogP contribution in [0.2, 0.25) is 5.02 Å². The maximum atomic E-state index is 6.18. The van der Waals surface area contributed by atoms with E-state index in [0.29, 0.717) is 10.8 Å². The first-order valence-electron chi connectivity index (χ1n) is 5.66. The number of anilines is 1. The van der Waals surface area contributed by atoms with Crippen molar-refractivity contribution in [3.63, 3.8) is 0 Å². The van der Waals surface area contributed by atoms with Crippen molar-refractivity contribution in [3.05, 3.63) is 53.2 Å². The topological polar surface area (TPSA) is 43.3 Å². The average molecular weight is 258 g/mol. The fourth-order valence-electron chi connectivity index (χ4n) is 2.02. The summed E-state index contributed by atoms with van der Waals surface area (Å²) >= 11 is 6.18. The third kappa shape index (κ3) is 1.64. The summed E-state index contributed by atoms with van der Waals surface area (Å²) in [6.07, 6.45) is 1.92. The zero-order valence-corrected chi connectivity index (χ0v) is 10.6. The van der Waals surface area contributed by atoms with Gasteiger partial charge >= 0.3 is 0 Å². The first kappa shape index (κ1) is 11.1. The van der Waals surface area contributed by atoms with Gasteiger partial charge in [-0.3, -0.25) is 4.40 Å². The number of imidazole rings is 1. The highest BCUT2D eigenvalue weighted by Crippen LogP contribution is 2.31. The number of rotatable bonds is 1. The molecule has 2 N–H and O–H groups in total. The van der Waals surface area contributed by atoms with Crippen LogP contribution in [0, 0.1) is 6.92 Å². The van der Waals surface area contributed by atoms with Gasteiger partial charge in [0.1, 0.15) is 17.2 Å². The van der Waals surface area contributed by atoms with E-state index in [1.807, 2.05) is 53.9 Å². The molecule has 2 aromatic heterocycles. The van der Waals surface area contributed by atoms with E-state index in [0.717, 1.165) is 22.5 Å². The van der Waals surface area contributed by atoms with Gasteiger partial charge in [-0.2, -0.15) is 0 Å². The standard InChI is InChI=1S/C14H12ClN3/c1-9-6-7-18-12(8-9)17-13(14(18)16)10-4-2-3-5-11(10)15/h2-8H,16H2,1H3. The Morgan fingerprint density at radius 2 is 2.00 bits per heavy atom. The molecule has 1 aromatic carbocycles. The number of hydrogen-bond acceptors (Lipinski definition) is 2. The lowest BCUT2D eigenvalue weighted by atomic mass is 10.1. The van der Waals surface area contributed by atoms with Crippen LogP contribution in [0.15, 0.2) is 42.6 Å². The van der Waals surface area contributed by atoms with Gasteiger partial charge in [0, 0.05) is 11.8 Å². The summed E-state index contributed by atoms with van der Waals surface area (Å²) in [4.78, 5) is 4.56. The number of nitrogens with two attached hydrogens (primary N) is 1. The van der Waals surface area contributed by atoms with E-state index in [1.165, 1.54) is 0 Å². The van der Waals surface area contributed by atoms with Gasteiger partial charge in [0.05, 0.1) is 5.02 Å². The number of nitrogens with zero attached hydrogens (tertiary/aromatic N) is 2. The van der Waals surface area contributed by atoms with Crippen LogP contribution in [0.1, 0.15) is 5.56 Å². The van der Waals surface area contributed by atoms with E-state index in [2.05, 4.69) is 4.98 Å². The second-order valence-electron chi connectivity index (χ2n) is 4.26. The van der Waals surface area contributed by atoms with Crippen LogP contribution in [0.3, 0.4) is 0 Å². The lowest BCUT2D eigenvalue weighted by Crippen LogP contribution is -1.94. The lowest BCUT2D eigenvalue weighted by molar-refractivity contribution is 1.18. The normalized spacial score (nSPS) is 11.0. The molecule has 0 aliphatic carbocycles. The predicted molar refractivity (Wildman–Crippen MR) is 74.8 cm³/mol. The average Bonchev–Trinajstić information content (AvgIpc) is 2.67. The molecule has 0 spiro atoms. The Morgan fingerprint density at radius 3 is 2.78 bits per heavy atom. The third-order valence-corrected chi connectivity index (χ3v) is 3.28. The number of nitrogen functional groups attached to an aromatic ring is 1. The minimum absolute atomic E-state index is 0.609. The molecule has 0 fully saturated rings. The Kier molecular flexibility index (Phi) is 2.49. The molecule has 0 unspecified atom stereocenters. The number of aryl methyl sites for hydroxylation is 1. The summed E-state index contributed by atoms with van der Waals surface area (Å²) in [7, 11) is 0. The molecule has 0 aliphatic rings. The van der Waals surface area contributed by atoms with Crippen molar-refractivity contribution in [2.75, 3.05) is 5.73 Å². The van der Waals surface area contributed by atoms with Crippen molar-refractivity contribution >= 4 is 23.1 Å². The van der Waals surface area contributed by atoms with Crippen molar-refractivity contribution in [3.8, 4) is 11.3 Å². The zero-order valence-electron chi connectivity index (χ0n) is 9.89. The van der Waals surface area contributed by atoms with Gasteiger partial charge in [-0.05, 0) is 30.7 Å². The highest BCUT2D eigenvalue weighted by Gasteiger charge is 2.13.